The van der Waals surface area contributed by atoms with Crippen molar-refractivity contribution in [3.05, 3.63) is 64.7 Å². The van der Waals surface area contributed by atoms with Crippen molar-refractivity contribution in [2.75, 3.05) is 5.73 Å². The summed E-state index contributed by atoms with van der Waals surface area (Å²) in [4.78, 5) is 11.6. The predicted octanol–water partition coefficient (Wildman–Crippen LogP) is 3.52. The minimum absolute atomic E-state index is 0.0902. The van der Waals surface area contributed by atoms with Crippen molar-refractivity contribution in [3.63, 3.8) is 0 Å². The molecule has 0 bridgehead atoms. The Hall–Kier alpha value is -2.73. The molecule has 3 rings (SSSR count). The quantitative estimate of drug-likeness (QED) is 0.689. The zero-order valence-corrected chi connectivity index (χ0v) is 15.0. The highest BCUT2D eigenvalue weighted by atomic mass is 32.1. The summed E-state index contributed by atoms with van der Waals surface area (Å²) in [7, 11) is 0. The molecule has 3 N–H and O–H groups in total. The fourth-order valence-corrected chi connectivity index (χ4v) is 3.42. The van der Waals surface area contributed by atoms with E-state index >= 15 is 0 Å². The summed E-state index contributed by atoms with van der Waals surface area (Å²) in [5, 5.41) is 13.2. The largest absolute Gasteiger partial charge is 0.399 e. The van der Waals surface area contributed by atoms with Crippen molar-refractivity contribution < 1.29 is 4.79 Å². The van der Waals surface area contributed by atoms with Crippen molar-refractivity contribution in [3.8, 4) is 10.6 Å². The Balaban J connectivity index is 1.84. The smallest absolute Gasteiger partial charge is 0.217 e. The van der Waals surface area contributed by atoms with E-state index in [2.05, 4.69) is 34.6 Å². The third kappa shape index (κ3) is 4.42. The predicted molar refractivity (Wildman–Crippen MR) is 101 cm³/mol. The van der Waals surface area contributed by atoms with Crippen LogP contribution < -0.4 is 11.1 Å². The number of nitrogens with one attached hydrogen (secondary N) is 1. The zero-order valence-electron chi connectivity index (χ0n) is 14.2. The lowest BCUT2D eigenvalue weighted by atomic mass is 10.1. The number of hydrogen-bond acceptors (Lipinski definition) is 5. The summed E-state index contributed by atoms with van der Waals surface area (Å²) >= 11 is 1.50. The van der Waals surface area contributed by atoms with Crippen LogP contribution in [-0.2, 0) is 11.2 Å². The molecule has 0 aliphatic heterocycles. The number of hydrogen-bond donors (Lipinski definition) is 2. The molecule has 0 aliphatic carbocycles. The number of aromatic nitrogens is 2. The van der Waals surface area contributed by atoms with E-state index in [1.807, 2.05) is 36.4 Å². The average molecular weight is 352 g/mol. The lowest BCUT2D eigenvalue weighted by molar-refractivity contribution is -0.119. The number of carbonyl (C=O) groups excluding carboxylic acids is 1. The molecule has 5 nitrogen and oxygen atoms in total. The highest BCUT2D eigenvalue weighted by Crippen LogP contribution is 2.28. The molecule has 3 aromatic rings. The number of benzene rings is 2. The summed E-state index contributed by atoms with van der Waals surface area (Å²) in [6.07, 6.45) is 0.641. The van der Waals surface area contributed by atoms with E-state index in [1.54, 1.807) is 0 Å². The number of aryl methyl sites for hydroxylation is 1. The van der Waals surface area contributed by atoms with Gasteiger partial charge in [0.25, 0.3) is 0 Å². The van der Waals surface area contributed by atoms with Crippen molar-refractivity contribution >= 4 is 22.9 Å². The van der Waals surface area contributed by atoms with Crippen molar-refractivity contribution in [1.29, 1.82) is 0 Å². The number of amides is 1. The first-order chi connectivity index (χ1) is 12.0. The third-order valence-electron chi connectivity index (χ3n) is 3.83. The standard InChI is InChI=1S/C19H20N4OS/c1-12-3-7-15(8-4-12)18-22-23-19(25-18)17(21-13(2)24)11-14-5-9-16(20)10-6-14/h3-10,17H,11,20H2,1-2H3,(H,21,24). The number of rotatable bonds is 5. The molecule has 0 saturated carbocycles. The number of nitrogens with zero attached hydrogens (tertiary/aromatic N) is 2. The van der Waals surface area contributed by atoms with Crippen molar-refractivity contribution in [1.82, 2.24) is 15.5 Å². The van der Waals surface area contributed by atoms with E-state index < -0.39 is 0 Å². The summed E-state index contributed by atoms with van der Waals surface area (Å²) in [6.45, 7) is 3.56. The molecule has 1 amide bonds. The second-order valence-corrected chi connectivity index (χ2v) is 7.02. The molecule has 1 unspecified atom stereocenters. The number of anilines is 1. The second kappa shape index (κ2) is 7.44. The van der Waals surface area contributed by atoms with Gasteiger partial charge < -0.3 is 11.1 Å². The van der Waals surface area contributed by atoms with E-state index in [1.165, 1.54) is 23.8 Å². The summed E-state index contributed by atoms with van der Waals surface area (Å²) < 4.78 is 0. The maximum atomic E-state index is 11.6. The van der Waals surface area contributed by atoms with Crippen LogP contribution in [0.4, 0.5) is 5.69 Å². The molecule has 2 aromatic carbocycles. The highest BCUT2D eigenvalue weighted by molar-refractivity contribution is 7.14. The Labute approximate surface area is 150 Å². The fourth-order valence-electron chi connectivity index (χ4n) is 2.52. The van der Waals surface area contributed by atoms with Gasteiger partial charge in [-0.05, 0) is 31.0 Å². The van der Waals surface area contributed by atoms with Gasteiger partial charge in [0.2, 0.25) is 5.91 Å². The molecular formula is C19H20N4OS. The van der Waals surface area contributed by atoms with Gasteiger partial charge in [-0.3, -0.25) is 4.79 Å². The lowest BCUT2D eigenvalue weighted by Crippen LogP contribution is -2.27. The van der Waals surface area contributed by atoms with E-state index in [0.717, 1.165) is 26.8 Å². The Kier molecular flexibility index (Phi) is 5.09. The Morgan fingerprint density at radius 1 is 1.12 bits per heavy atom. The molecule has 1 heterocycles. The summed E-state index contributed by atoms with van der Waals surface area (Å²) in [6, 6.07) is 15.6. The minimum atomic E-state index is -0.210. The molecule has 0 spiro atoms. The molecule has 128 valence electrons. The van der Waals surface area contributed by atoms with Gasteiger partial charge in [-0.15, -0.1) is 10.2 Å². The van der Waals surface area contributed by atoms with Crippen LogP contribution in [0.1, 0.15) is 29.1 Å². The third-order valence-corrected chi connectivity index (χ3v) is 4.92. The van der Waals surface area contributed by atoms with Crippen LogP contribution in [0.3, 0.4) is 0 Å². The SMILES string of the molecule is CC(=O)NC(Cc1ccc(N)cc1)c1nnc(-c2ccc(C)cc2)s1. The minimum Gasteiger partial charge on any atom is -0.399 e. The Morgan fingerprint density at radius 3 is 2.44 bits per heavy atom. The fraction of sp³-hybridized carbons (Fsp3) is 0.211. The first-order valence-electron chi connectivity index (χ1n) is 8.03. The van der Waals surface area contributed by atoms with E-state index in [-0.39, 0.29) is 11.9 Å². The van der Waals surface area contributed by atoms with Gasteiger partial charge in [-0.25, -0.2) is 0 Å². The number of carbonyl (C=O) groups is 1. The first-order valence-corrected chi connectivity index (χ1v) is 8.85. The van der Waals surface area contributed by atoms with Gasteiger partial charge in [-0.2, -0.15) is 0 Å². The van der Waals surface area contributed by atoms with Gasteiger partial charge >= 0.3 is 0 Å². The molecule has 0 aliphatic rings. The molecule has 1 aromatic heterocycles. The Bertz CT molecular complexity index is 856. The van der Waals surface area contributed by atoms with Crippen LogP contribution in [0.25, 0.3) is 10.6 Å². The van der Waals surface area contributed by atoms with Crippen LogP contribution in [0, 0.1) is 6.92 Å². The molecule has 0 radical (unpaired) electrons. The van der Waals surface area contributed by atoms with Gasteiger partial charge in [0.15, 0.2) is 0 Å². The molecule has 0 fully saturated rings. The molecule has 1 atom stereocenters. The van der Waals surface area contributed by atoms with Crippen LogP contribution in [0.5, 0.6) is 0 Å². The van der Waals surface area contributed by atoms with E-state index in [9.17, 15) is 4.79 Å². The summed E-state index contributed by atoms with van der Waals surface area (Å²) in [5.74, 6) is -0.0902. The van der Waals surface area contributed by atoms with Gasteiger partial charge in [0.05, 0.1) is 6.04 Å². The van der Waals surface area contributed by atoms with E-state index in [4.69, 9.17) is 5.73 Å². The highest BCUT2D eigenvalue weighted by Gasteiger charge is 2.19. The van der Waals surface area contributed by atoms with Crippen LogP contribution in [0.15, 0.2) is 48.5 Å². The Morgan fingerprint density at radius 2 is 1.80 bits per heavy atom. The van der Waals surface area contributed by atoms with Crippen molar-refractivity contribution in [2.24, 2.45) is 0 Å². The van der Waals surface area contributed by atoms with E-state index in [0.29, 0.717) is 6.42 Å². The molecule has 25 heavy (non-hydrogen) atoms. The number of nitrogen functional groups attached to an aromatic ring is 1. The zero-order chi connectivity index (χ0) is 17.8. The monoisotopic (exact) mass is 352 g/mol. The number of nitrogens with two attached hydrogens (primary N) is 1. The van der Waals surface area contributed by atoms with Gasteiger partial charge in [0, 0.05) is 18.2 Å². The maximum absolute atomic E-state index is 11.6. The topological polar surface area (TPSA) is 80.9 Å². The van der Waals surface area contributed by atoms with Crippen LogP contribution in [-0.4, -0.2) is 16.1 Å². The molecule has 6 heteroatoms. The van der Waals surface area contributed by atoms with Crippen LogP contribution in [0.2, 0.25) is 0 Å². The second-order valence-electron chi connectivity index (χ2n) is 6.01. The lowest BCUT2D eigenvalue weighted by Gasteiger charge is -2.15. The summed E-state index contributed by atoms with van der Waals surface area (Å²) in [5.41, 5.74) is 9.77. The average Bonchev–Trinajstić information content (AvgIpc) is 3.06. The normalized spacial score (nSPS) is 11.9. The van der Waals surface area contributed by atoms with Gasteiger partial charge in [0.1, 0.15) is 10.0 Å². The molecular weight excluding hydrogens is 332 g/mol. The van der Waals surface area contributed by atoms with Crippen LogP contribution >= 0.6 is 11.3 Å². The molecule has 0 saturated heterocycles. The van der Waals surface area contributed by atoms with Crippen molar-refractivity contribution in [2.45, 2.75) is 26.3 Å². The van der Waals surface area contributed by atoms with Gasteiger partial charge in [-0.1, -0.05) is 53.3 Å². The maximum Gasteiger partial charge on any atom is 0.217 e. The first kappa shape index (κ1) is 17.1.